The Labute approximate surface area is 292 Å². The van der Waals surface area contributed by atoms with E-state index in [1.165, 1.54) is 19.5 Å². The Morgan fingerprint density at radius 2 is 1.71 bits per heavy atom. The summed E-state index contributed by atoms with van der Waals surface area (Å²) in [6.07, 6.45) is 4.38. The molecule has 1 saturated carbocycles. The first-order valence-corrected chi connectivity index (χ1v) is 15.9. The quantitative estimate of drug-likeness (QED) is 0.147. The fourth-order valence-corrected chi connectivity index (χ4v) is 5.82. The number of benzene rings is 1. The molecule has 13 nitrogen and oxygen atoms in total. The molecule has 266 valence electrons. The van der Waals surface area contributed by atoms with Crippen LogP contribution in [0.5, 0.6) is 6.01 Å². The Balaban J connectivity index is 1.19. The number of ether oxygens (including phenoxy) is 1. The average molecular weight is 730 g/mol. The summed E-state index contributed by atoms with van der Waals surface area (Å²) in [6, 6.07) is 8.60. The maximum atomic E-state index is 13.8. The van der Waals surface area contributed by atoms with E-state index in [4.69, 9.17) is 16.3 Å². The summed E-state index contributed by atoms with van der Waals surface area (Å²) in [5, 5.41) is 9.10. The lowest BCUT2D eigenvalue weighted by Gasteiger charge is -2.36. The lowest BCUT2D eigenvalue weighted by atomic mass is 9.90. The third kappa shape index (κ3) is 8.28. The van der Waals surface area contributed by atoms with E-state index >= 15 is 0 Å². The van der Waals surface area contributed by atoms with Crippen LogP contribution in [0.4, 0.5) is 38.5 Å². The fourth-order valence-electron chi connectivity index (χ4n) is 5.59. The van der Waals surface area contributed by atoms with Crippen LogP contribution in [-0.4, -0.2) is 64.9 Å². The number of amides is 2. The van der Waals surface area contributed by atoms with Crippen LogP contribution in [-0.2, 0) is 12.7 Å². The van der Waals surface area contributed by atoms with Crippen molar-refractivity contribution < 1.29 is 31.5 Å². The molecule has 6 rings (SSSR count). The average Bonchev–Trinajstić information content (AvgIpc) is 3.53. The number of hydrogen-bond acceptors (Lipinski definition) is 10. The Morgan fingerprint density at radius 3 is 2.31 bits per heavy atom. The number of nitrogens with zero attached hydrogens (tertiary/aromatic N) is 9. The lowest BCUT2D eigenvalue weighted by molar-refractivity contribution is -0.137. The molecule has 51 heavy (non-hydrogen) atoms. The van der Waals surface area contributed by atoms with Gasteiger partial charge in [-0.15, -0.1) is 0 Å². The van der Waals surface area contributed by atoms with Crippen LogP contribution in [0.1, 0.15) is 43.4 Å². The van der Waals surface area contributed by atoms with Crippen LogP contribution in [0.3, 0.4) is 0 Å². The largest absolute Gasteiger partial charge is 0.467 e. The first-order chi connectivity index (χ1) is 24.5. The number of carbonyl (C=O) groups excluding carboxylic acids is 1. The Morgan fingerprint density at radius 1 is 0.980 bits per heavy atom. The van der Waals surface area contributed by atoms with Crippen molar-refractivity contribution in [3.63, 3.8) is 0 Å². The maximum Gasteiger partial charge on any atom is 0.420 e. The molecule has 2 N–H and O–H groups in total. The molecule has 0 bridgehead atoms. The van der Waals surface area contributed by atoms with E-state index in [2.05, 4.69) is 45.6 Å². The van der Waals surface area contributed by atoms with Crippen molar-refractivity contribution in [2.24, 2.45) is 0 Å². The van der Waals surface area contributed by atoms with Crippen LogP contribution < -0.4 is 20.3 Å². The van der Waals surface area contributed by atoms with Gasteiger partial charge in [-0.2, -0.15) is 27.1 Å². The van der Waals surface area contributed by atoms with Crippen molar-refractivity contribution in [1.29, 1.82) is 0 Å². The van der Waals surface area contributed by atoms with Crippen LogP contribution in [0.25, 0.3) is 22.6 Å². The van der Waals surface area contributed by atoms with Crippen molar-refractivity contribution in [3.8, 4) is 28.7 Å². The fraction of sp³-hybridized carbons (Fsp3) is 0.312. The van der Waals surface area contributed by atoms with E-state index in [1.54, 1.807) is 17.3 Å². The first-order valence-electron chi connectivity index (χ1n) is 15.5. The van der Waals surface area contributed by atoms with Crippen LogP contribution in [0.2, 0.25) is 5.02 Å². The number of halogens is 6. The van der Waals surface area contributed by atoms with Crippen molar-refractivity contribution >= 4 is 29.4 Å². The second-order valence-corrected chi connectivity index (χ2v) is 11.8. The summed E-state index contributed by atoms with van der Waals surface area (Å²) in [5.41, 5.74) is -0.582. The minimum absolute atomic E-state index is 0.154. The summed E-state index contributed by atoms with van der Waals surface area (Å²) >= 11 is 6.00. The number of urea groups is 1. The van der Waals surface area contributed by atoms with Crippen molar-refractivity contribution in [1.82, 2.24) is 45.0 Å². The van der Waals surface area contributed by atoms with Gasteiger partial charge in [-0.3, -0.25) is 9.88 Å². The van der Waals surface area contributed by atoms with E-state index < -0.39 is 34.7 Å². The molecule has 2 amide bonds. The zero-order valence-electron chi connectivity index (χ0n) is 26.7. The predicted octanol–water partition coefficient (Wildman–Crippen LogP) is 6.80. The second kappa shape index (κ2) is 15.2. The smallest absolute Gasteiger partial charge is 0.420 e. The normalized spacial score (nSPS) is 16.2. The molecule has 0 aliphatic heterocycles. The molecule has 5 aromatic rings. The summed E-state index contributed by atoms with van der Waals surface area (Å²) in [6.45, 7) is -2.85. The van der Waals surface area contributed by atoms with Crippen molar-refractivity contribution in [2.45, 2.75) is 57.0 Å². The minimum Gasteiger partial charge on any atom is -0.467 e. The van der Waals surface area contributed by atoms with Crippen LogP contribution in [0.15, 0.2) is 67.5 Å². The molecule has 0 unspecified atom stereocenters. The van der Waals surface area contributed by atoms with Crippen LogP contribution >= 0.6 is 11.6 Å². The molecule has 1 aliphatic carbocycles. The number of aromatic nitrogens is 8. The summed E-state index contributed by atoms with van der Waals surface area (Å²) in [4.78, 5) is 40.3. The van der Waals surface area contributed by atoms with Gasteiger partial charge >= 0.3 is 24.8 Å². The summed E-state index contributed by atoms with van der Waals surface area (Å²) in [7, 11) is 1.46. The van der Waals surface area contributed by atoms with E-state index in [9.17, 15) is 26.7 Å². The van der Waals surface area contributed by atoms with Gasteiger partial charge in [0.1, 0.15) is 17.0 Å². The number of hydrogen-bond donors (Lipinski definition) is 2. The van der Waals surface area contributed by atoms with E-state index in [1.807, 2.05) is 30.3 Å². The Kier molecular flexibility index (Phi) is 10.5. The maximum absolute atomic E-state index is 13.8. The van der Waals surface area contributed by atoms with Gasteiger partial charge in [0.15, 0.2) is 5.82 Å². The number of methoxy groups -OCH3 is 1. The third-order valence-corrected chi connectivity index (χ3v) is 8.37. The lowest BCUT2D eigenvalue weighted by Crippen LogP contribution is -2.49. The number of alkyl halides is 5. The molecule has 4 heterocycles. The molecule has 0 radical (unpaired) electrons. The van der Waals surface area contributed by atoms with E-state index in [0.29, 0.717) is 49.0 Å². The van der Waals surface area contributed by atoms with Crippen molar-refractivity contribution in [2.75, 3.05) is 17.3 Å². The SMILES string of the molecule is COc1ncc(-c2cnc(N(C(=O)NCc3ccccc3)C3CCC(Nc4ncc(C(F)(F)F)c(-c5nn(C(F)F)cc5Cl)n4)CC3)cn2)cn1. The van der Waals surface area contributed by atoms with Gasteiger partial charge in [-0.05, 0) is 31.2 Å². The minimum atomic E-state index is -4.90. The van der Waals surface area contributed by atoms with Gasteiger partial charge in [-0.1, -0.05) is 41.9 Å². The highest BCUT2D eigenvalue weighted by molar-refractivity contribution is 6.33. The molecular formula is C32H29ClF5N11O2. The molecule has 1 aliphatic rings. The highest BCUT2D eigenvalue weighted by Gasteiger charge is 2.38. The molecule has 19 heteroatoms. The highest BCUT2D eigenvalue weighted by atomic mass is 35.5. The third-order valence-electron chi connectivity index (χ3n) is 8.10. The molecule has 0 saturated heterocycles. The zero-order chi connectivity index (χ0) is 36.1. The van der Waals surface area contributed by atoms with Gasteiger partial charge in [0.25, 0.3) is 0 Å². The van der Waals surface area contributed by atoms with Crippen molar-refractivity contribution in [3.05, 3.63) is 83.7 Å². The van der Waals surface area contributed by atoms with Gasteiger partial charge in [0, 0.05) is 42.8 Å². The standard InChI is InChI=1S/C32H29ClF5N11O2/c1-51-30-42-12-19(13-43-30)24-15-40-25(16-39-24)49(31(50)44-11-18-5-3-2-4-6-18)21-9-7-20(8-10-21)45-29-41-14-22(32(36,37)38)26(46-29)27-23(33)17-48(47-27)28(34)35/h2-6,12-17,20-21,28H,7-11H2,1H3,(H,44,50)(H,41,45,46). The van der Waals surface area contributed by atoms with Crippen LogP contribution in [0, 0.1) is 0 Å². The highest BCUT2D eigenvalue weighted by Crippen LogP contribution is 2.38. The number of nitrogens with one attached hydrogen (secondary N) is 2. The Bertz CT molecular complexity index is 1940. The molecule has 0 spiro atoms. The second-order valence-electron chi connectivity index (χ2n) is 11.4. The molecular weight excluding hydrogens is 701 g/mol. The molecule has 1 aromatic carbocycles. The molecule has 1 fully saturated rings. The monoisotopic (exact) mass is 729 g/mol. The predicted molar refractivity (Wildman–Crippen MR) is 175 cm³/mol. The zero-order valence-corrected chi connectivity index (χ0v) is 27.5. The summed E-state index contributed by atoms with van der Waals surface area (Å²) in [5.74, 6) is 0.150. The first kappa shape index (κ1) is 35.3. The molecule has 0 atom stereocenters. The van der Waals surface area contributed by atoms with E-state index in [-0.39, 0.29) is 41.3 Å². The van der Waals surface area contributed by atoms with Gasteiger partial charge in [0.2, 0.25) is 5.95 Å². The topological polar surface area (TPSA) is 149 Å². The van der Waals surface area contributed by atoms with Gasteiger partial charge in [0.05, 0.1) is 36.4 Å². The Hall–Kier alpha value is -5.52. The number of rotatable bonds is 10. The molecule has 4 aromatic heterocycles. The van der Waals surface area contributed by atoms with E-state index in [0.717, 1.165) is 11.8 Å². The van der Waals surface area contributed by atoms with Gasteiger partial charge in [-0.25, -0.2) is 34.4 Å². The summed E-state index contributed by atoms with van der Waals surface area (Å²) < 4.78 is 73.1. The number of carbonyl (C=O) groups is 1. The number of anilines is 2. The van der Waals surface area contributed by atoms with Gasteiger partial charge < -0.3 is 15.4 Å².